The van der Waals surface area contributed by atoms with Crippen LogP contribution in [0.1, 0.15) is 27.3 Å². The number of carbonyl (C=O) groups is 1. The Balaban J connectivity index is 1.84. The van der Waals surface area contributed by atoms with Gasteiger partial charge in [-0.15, -0.1) is 0 Å². The van der Waals surface area contributed by atoms with Gasteiger partial charge in [0.15, 0.2) is 11.5 Å². The maximum atomic E-state index is 11.5. The van der Waals surface area contributed by atoms with E-state index in [4.69, 9.17) is 15.2 Å². The van der Waals surface area contributed by atoms with Crippen molar-refractivity contribution in [1.82, 2.24) is 4.98 Å². The predicted molar refractivity (Wildman–Crippen MR) is 99.0 cm³/mol. The van der Waals surface area contributed by atoms with E-state index in [1.807, 2.05) is 60.7 Å². The summed E-state index contributed by atoms with van der Waals surface area (Å²) in [6, 6.07) is 21.1. The van der Waals surface area contributed by atoms with Gasteiger partial charge in [0.05, 0.1) is 5.69 Å². The van der Waals surface area contributed by atoms with Crippen molar-refractivity contribution in [1.29, 1.82) is 0 Å². The average molecular weight is 348 g/mol. The molecule has 0 spiro atoms. The second-order valence-electron chi connectivity index (χ2n) is 5.83. The summed E-state index contributed by atoms with van der Waals surface area (Å²) in [5.74, 6) is 0.355. The van der Waals surface area contributed by atoms with Crippen molar-refractivity contribution in [3.05, 3.63) is 89.2 Å². The fraction of sp³-hybridized carbons (Fsp3) is 0.143. The van der Waals surface area contributed by atoms with Crippen molar-refractivity contribution < 1.29 is 14.3 Å². The van der Waals surface area contributed by atoms with E-state index in [2.05, 4.69) is 4.98 Å². The molecule has 2 aromatic carbocycles. The molecule has 5 nitrogen and oxygen atoms in total. The zero-order valence-corrected chi connectivity index (χ0v) is 14.5. The summed E-state index contributed by atoms with van der Waals surface area (Å²) in [6.45, 7) is 2.49. The normalized spacial score (nSPS) is 10.3. The number of aromatic nitrogens is 1. The number of benzene rings is 2. The van der Waals surface area contributed by atoms with Crippen LogP contribution in [-0.2, 0) is 13.2 Å². The van der Waals surface area contributed by atoms with Crippen LogP contribution in [0.15, 0.2) is 66.7 Å². The minimum absolute atomic E-state index is 0.151. The molecule has 0 saturated carbocycles. The number of nitrogens with zero attached hydrogens (tertiary/aromatic N) is 1. The summed E-state index contributed by atoms with van der Waals surface area (Å²) in [6.07, 6.45) is 0. The molecule has 0 aliphatic carbocycles. The highest BCUT2D eigenvalue weighted by atomic mass is 16.5. The first kappa shape index (κ1) is 17.5. The number of rotatable bonds is 7. The minimum atomic E-state index is -0.604. The highest BCUT2D eigenvalue weighted by Crippen LogP contribution is 2.32. The van der Waals surface area contributed by atoms with Gasteiger partial charge in [0.1, 0.15) is 18.9 Å². The molecule has 0 bridgehead atoms. The van der Waals surface area contributed by atoms with Crippen LogP contribution in [0, 0.1) is 6.92 Å². The molecule has 1 aromatic heterocycles. The summed E-state index contributed by atoms with van der Waals surface area (Å²) in [5, 5.41) is 0. The zero-order chi connectivity index (χ0) is 18.4. The number of hydrogen-bond donors (Lipinski definition) is 1. The fourth-order valence-electron chi connectivity index (χ4n) is 2.51. The summed E-state index contributed by atoms with van der Waals surface area (Å²) in [4.78, 5) is 15.8. The molecule has 0 atom stereocenters. The van der Waals surface area contributed by atoms with Crippen LogP contribution in [0.4, 0.5) is 0 Å². The van der Waals surface area contributed by atoms with Gasteiger partial charge in [-0.2, -0.15) is 0 Å². The summed E-state index contributed by atoms with van der Waals surface area (Å²) in [5.41, 5.74) is 8.12. The van der Waals surface area contributed by atoms with Crippen molar-refractivity contribution in [2.24, 2.45) is 5.73 Å². The largest absolute Gasteiger partial charge is 0.485 e. The van der Waals surface area contributed by atoms with Crippen LogP contribution < -0.4 is 15.2 Å². The first-order chi connectivity index (χ1) is 12.6. The van der Waals surface area contributed by atoms with Crippen molar-refractivity contribution in [2.45, 2.75) is 20.1 Å². The van der Waals surface area contributed by atoms with Crippen molar-refractivity contribution in [3.63, 3.8) is 0 Å². The average Bonchev–Trinajstić information content (AvgIpc) is 2.66. The van der Waals surface area contributed by atoms with Gasteiger partial charge in [0.25, 0.3) is 5.91 Å². The third-order valence-electron chi connectivity index (χ3n) is 3.82. The predicted octanol–water partition coefficient (Wildman–Crippen LogP) is 3.65. The van der Waals surface area contributed by atoms with Crippen LogP contribution in [0.25, 0.3) is 0 Å². The maximum absolute atomic E-state index is 11.5. The lowest BCUT2D eigenvalue weighted by atomic mass is 10.2. The van der Waals surface area contributed by atoms with Gasteiger partial charge in [-0.3, -0.25) is 4.79 Å². The van der Waals surface area contributed by atoms with Gasteiger partial charge in [-0.05, 0) is 18.1 Å². The number of primary amides is 1. The number of nitrogens with two attached hydrogens (primary N) is 1. The molecule has 0 radical (unpaired) electrons. The number of aryl methyl sites for hydroxylation is 1. The SMILES string of the molecule is Cc1nc(C(N)=O)cc(OCc2ccccc2)c1OCc1ccccc1. The number of carbonyl (C=O) groups excluding carboxylic acids is 1. The second-order valence-corrected chi connectivity index (χ2v) is 5.83. The van der Waals surface area contributed by atoms with E-state index >= 15 is 0 Å². The fourth-order valence-corrected chi connectivity index (χ4v) is 2.51. The van der Waals surface area contributed by atoms with Gasteiger partial charge in [-0.1, -0.05) is 60.7 Å². The molecule has 3 aromatic rings. The lowest BCUT2D eigenvalue weighted by Crippen LogP contribution is -2.15. The van der Waals surface area contributed by atoms with Crippen molar-refractivity contribution in [3.8, 4) is 11.5 Å². The van der Waals surface area contributed by atoms with Crippen LogP contribution in [0.5, 0.6) is 11.5 Å². The maximum Gasteiger partial charge on any atom is 0.267 e. The van der Waals surface area contributed by atoms with E-state index in [0.29, 0.717) is 30.4 Å². The van der Waals surface area contributed by atoms with Crippen molar-refractivity contribution in [2.75, 3.05) is 0 Å². The Labute approximate surface area is 152 Å². The highest BCUT2D eigenvalue weighted by molar-refractivity contribution is 5.91. The van der Waals surface area contributed by atoms with E-state index in [-0.39, 0.29) is 5.69 Å². The monoisotopic (exact) mass is 348 g/mol. The number of ether oxygens (including phenoxy) is 2. The smallest absolute Gasteiger partial charge is 0.267 e. The number of pyridine rings is 1. The zero-order valence-electron chi connectivity index (χ0n) is 14.5. The summed E-state index contributed by atoms with van der Waals surface area (Å²) in [7, 11) is 0. The molecular formula is C21H20N2O3. The molecule has 3 rings (SSSR count). The Morgan fingerprint density at radius 1 is 0.923 bits per heavy atom. The van der Waals surface area contributed by atoms with Gasteiger partial charge >= 0.3 is 0 Å². The summed E-state index contributed by atoms with van der Waals surface area (Å²) < 4.78 is 11.8. The first-order valence-corrected chi connectivity index (χ1v) is 8.28. The highest BCUT2D eigenvalue weighted by Gasteiger charge is 2.16. The topological polar surface area (TPSA) is 74.4 Å². The third kappa shape index (κ3) is 4.39. The molecule has 1 amide bonds. The Hall–Kier alpha value is -3.34. The van der Waals surface area contributed by atoms with Crippen molar-refractivity contribution >= 4 is 5.91 Å². The molecule has 26 heavy (non-hydrogen) atoms. The standard InChI is InChI=1S/C21H20N2O3/c1-15-20(26-14-17-10-6-3-7-11-17)19(12-18(23-15)21(22)24)25-13-16-8-4-2-5-9-16/h2-12H,13-14H2,1H3,(H2,22,24). The first-order valence-electron chi connectivity index (χ1n) is 8.28. The van der Waals surface area contributed by atoms with E-state index in [1.54, 1.807) is 6.92 Å². The Morgan fingerprint density at radius 3 is 2.00 bits per heavy atom. The molecule has 0 fully saturated rings. The summed E-state index contributed by atoms with van der Waals surface area (Å²) >= 11 is 0. The third-order valence-corrected chi connectivity index (χ3v) is 3.82. The number of amides is 1. The molecule has 5 heteroatoms. The van der Waals surface area contributed by atoms with Crippen LogP contribution >= 0.6 is 0 Å². The minimum Gasteiger partial charge on any atom is -0.485 e. The van der Waals surface area contributed by atoms with Crippen LogP contribution in [0.3, 0.4) is 0 Å². The van der Waals surface area contributed by atoms with Crippen LogP contribution in [0.2, 0.25) is 0 Å². The molecule has 2 N–H and O–H groups in total. The quantitative estimate of drug-likeness (QED) is 0.707. The van der Waals surface area contributed by atoms with Gasteiger partial charge in [0.2, 0.25) is 0 Å². The molecule has 132 valence electrons. The Kier molecular flexibility index (Phi) is 5.49. The lowest BCUT2D eigenvalue weighted by Gasteiger charge is -2.15. The molecular weight excluding hydrogens is 328 g/mol. The lowest BCUT2D eigenvalue weighted by molar-refractivity contribution is 0.0994. The van der Waals surface area contributed by atoms with Gasteiger partial charge in [-0.25, -0.2) is 4.98 Å². The number of hydrogen-bond acceptors (Lipinski definition) is 4. The molecule has 0 aliphatic heterocycles. The molecule has 0 aliphatic rings. The Bertz CT molecular complexity index is 881. The van der Waals surface area contributed by atoms with Crippen LogP contribution in [-0.4, -0.2) is 10.9 Å². The van der Waals surface area contributed by atoms with E-state index < -0.39 is 5.91 Å². The van der Waals surface area contributed by atoms with E-state index in [1.165, 1.54) is 6.07 Å². The van der Waals surface area contributed by atoms with E-state index in [0.717, 1.165) is 11.1 Å². The molecule has 0 saturated heterocycles. The second kappa shape index (κ2) is 8.16. The van der Waals surface area contributed by atoms with Gasteiger partial charge in [0, 0.05) is 6.07 Å². The van der Waals surface area contributed by atoms with Gasteiger partial charge < -0.3 is 15.2 Å². The molecule has 1 heterocycles. The van der Waals surface area contributed by atoms with E-state index in [9.17, 15) is 4.79 Å². The Morgan fingerprint density at radius 2 is 1.46 bits per heavy atom. The molecule has 0 unspecified atom stereocenters.